The molecule has 1 saturated carbocycles. The zero-order valence-corrected chi connectivity index (χ0v) is 19.8. The summed E-state index contributed by atoms with van der Waals surface area (Å²) in [5, 5.41) is 8.67. The van der Waals surface area contributed by atoms with Crippen molar-refractivity contribution in [1.82, 2.24) is 9.88 Å². The SMILES string of the molecule is CCON(C)c1ccc(C(=O)Nc2ccc3c(ccn3-c3ccc(C(=O)NC4CC4)cc3)c2)cc1. The van der Waals surface area contributed by atoms with Gasteiger partial charge in [0.1, 0.15) is 0 Å². The van der Waals surface area contributed by atoms with Crippen molar-refractivity contribution in [2.24, 2.45) is 0 Å². The highest BCUT2D eigenvalue weighted by Crippen LogP contribution is 2.25. The number of nitrogens with one attached hydrogen (secondary N) is 2. The van der Waals surface area contributed by atoms with Crippen molar-refractivity contribution in [3.63, 3.8) is 0 Å². The number of carbonyl (C=O) groups excluding carboxylic acids is 2. The van der Waals surface area contributed by atoms with Crippen LogP contribution in [0.5, 0.6) is 0 Å². The summed E-state index contributed by atoms with van der Waals surface area (Å²) < 4.78 is 2.07. The highest BCUT2D eigenvalue weighted by molar-refractivity contribution is 6.05. The van der Waals surface area contributed by atoms with Gasteiger partial charge in [-0.15, -0.1) is 0 Å². The molecule has 1 heterocycles. The van der Waals surface area contributed by atoms with E-state index >= 15 is 0 Å². The van der Waals surface area contributed by atoms with Gasteiger partial charge < -0.3 is 15.2 Å². The molecule has 1 aliphatic rings. The second-order valence-corrected chi connectivity index (χ2v) is 8.67. The maximum Gasteiger partial charge on any atom is 0.255 e. The van der Waals surface area contributed by atoms with Gasteiger partial charge >= 0.3 is 0 Å². The number of hydrogen-bond acceptors (Lipinski definition) is 4. The zero-order valence-electron chi connectivity index (χ0n) is 19.8. The van der Waals surface area contributed by atoms with E-state index in [4.69, 9.17) is 4.84 Å². The smallest absolute Gasteiger partial charge is 0.255 e. The Morgan fingerprint density at radius 2 is 1.63 bits per heavy atom. The normalized spacial score (nSPS) is 13.0. The average molecular weight is 469 g/mol. The van der Waals surface area contributed by atoms with E-state index in [2.05, 4.69) is 15.2 Å². The van der Waals surface area contributed by atoms with Crippen LogP contribution in [0.4, 0.5) is 11.4 Å². The monoisotopic (exact) mass is 468 g/mol. The lowest BCUT2D eigenvalue weighted by Crippen LogP contribution is -2.25. The van der Waals surface area contributed by atoms with E-state index in [1.165, 1.54) is 0 Å². The van der Waals surface area contributed by atoms with Gasteiger partial charge in [0, 0.05) is 47.2 Å². The molecule has 35 heavy (non-hydrogen) atoms. The Balaban J connectivity index is 1.28. The van der Waals surface area contributed by atoms with Gasteiger partial charge in [0.25, 0.3) is 11.8 Å². The number of carbonyl (C=O) groups is 2. The van der Waals surface area contributed by atoms with E-state index in [0.717, 1.165) is 40.8 Å². The molecule has 0 radical (unpaired) electrons. The van der Waals surface area contributed by atoms with Crippen molar-refractivity contribution in [3.05, 3.63) is 90.1 Å². The third-order valence-electron chi connectivity index (χ3n) is 6.08. The minimum absolute atomic E-state index is 0.0206. The van der Waals surface area contributed by atoms with Crippen LogP contribution in [-0.4, -0.2) is 36.1 Å². The fourth-order valence-electron chi connectivity index (χ4n) is 4.01. The fourth-order valence-corrected chi connectivity index (χ4v) is 4.01. The van der Waals surface area contributed by atoms with Crippen molar-refractivity contribution in [2.45, 2.75) is 25.8 Å². The molecule has 178 valence electrons. The highest BCUT2D eigenvalue weighted by Gasteiger charge is 2.23. The molecule has 0 spiro atoms. The minimum Gasteiger partial charge on any atom is -0.349 e. The summed E-state index contributed by atoms with van der Waals surface area (Å²) in [7, 11) is 1.83. The summed E-state index contributed by atoms with van der Waals surface area (Å²) in [5.41, 5.74) is 4.82. The molecule has 1 fully saturated rings. The van der Waals surface area contributed by atoms with Crippen LogP contribution in [0.2, 0.25) is 0 Å². The topological polar surface area (TPSA) is 75.6 Å². The third kappa shape index (κ3) is 5.05. The van der Waals surface area contributed by atoms with E-state index in [1.54, 1.807) is 17.2 Å². The summed E-state index contributed by atoms with van der Waals surface area (Å²) in [4.78, 5) is 30.4. The predicted molar refractivity (Wildman–Crippen MR) is 138 cm³/mol. The molecule has 7 heteroatoms. The maximum absolute atomic E-state index is 12.7. The zero-order chi connectivity index (χ0) is 24.4. The van der Waals surface area contributed by atoms with Crippen LogP contribution in [-0.2, 0) is 4.84 Å². The van der Waals surface area contributed by atoms with Gasteiger partial charge in [0.05, 0.1) is 17.8 Å². The number of amides is 2. The van der Waals surface area contributed by atoms with E-state index in [1.807, 2.05) is 80.8 Å². The molecule has 1 aromatic heterocycles. The number of rotatable bonds is 8. The molecule has 4 aromatic rings. The summed E-state index contributed by atoms with van der Waals surface area (Å²) >= 11 is 0. The molecular weight excluding hydrogens is 440 g/mol. The number of hydrogen-bond donors (Lipinski definition) is 2. The predicted octanol–water partition coefficient (Wildman–Crippen LogP) is 5.16. The van der Waals surface area contributed by atoms with E-state index < -0.39 is 0 Å². The lowest BCUT2D eigenvalue weighted by molar-refractivity contribution is 0.0950. The van der Waals surface area contributed by atoms with E-state index in [-0.39, 0.29) is 11.8 Å². The van der Waals surface area contributed by atoms with Crippen molar-refractivity contribution in [3.8, 4) is 5.69 Å². The standard InChI is InChI=1S/C28H28N4O3/c1-3-35-31(2)24-11-4-19(5-12-24)28(34)30-23-10-15-26-21(18-23)16-17-32(26)25-13-6-20(7-14-25)27(33)29-22-8-9-22/h4-7,10-18,22H,3,8-9H2,1-2H3,(H,29,33)(H,30,34). The Hall–Kier alpha value is -4.10. The second kappa shape index (κ2) is 9.64. The molecule has 0 aliphatic heterocycles. The number of hydroxylamine groups is 1. The van der Waals surface area contributed by atoms with Crippen LogP contribution in [0.3, 0.4) is 0 Å². The number of fused-ring (bicyclic) bond motifs is 1. The maximum atomic E-state index is 12.7. The van der Waals surface area contributed by atoms with Crippen molar-refractivity contribution in [2.75, 3.05) is 24.0 Å². The van der Waals surface area contributed by atoms with Gasteiger partial charge in [-0.2, -0.15) is 0 Å². The molecule has 1 aliphatic carbocycles. The summed E-state index contributed by atoms with van der Waals surface area (Å²) in [6, 6.07) is 23.1. The van der Waals surface area contributed by atoms with Gasteiger partial charge in [0.2, 0.25) is 0 Å². The molecule has 0 atom stereocenters. The second-order valence-electron chi connectivity index (χ2n) is 8.67. The van der Waals surface area contributed by atoms with Crippen LogP contribution in [0.1, 0.15) is 40.5 Å². The Morgan fingerprint density at radius 3 is 2.31 bits per heavy atom. The molecule has 3 aromatic carbocycles. The van der Waals surface area contributed by atoms with Gasteiger partial charge in [0.15, 0.2) is 0 Å². The van der Waals surface area contributed by atoms with Gasteiger partial charge in [-0.1, -0.05) is 0 Å². The molecule has 2 N–H and O–H groups in total. The summed E-state index contributed by atoms with van der Waals surface area (Å²) in [6.07, 6.45) is 4.13. The quantitative estimate of drug-likeness (QED) is 0.350. The minimum atomic E-state index is -0.172. The number of aromatic nitrogens is 1. The van der Waals surface area contributed by atoms with E-state index in [0.29, 0.717) is 23.8 Å². The van der Waals surface area contributed by atoms with Gasteiger partial charge in [-0.05, 0) is 92.6 Å². The van der Waals surface area contributed by atoms with Crippen molar-refractivity contribution in [1.29, 1.82) is 0 Å². The first-order chi connectivity index (χ1) is 17.0. The van der Waals surface area contributed by atoms with Crippen LogP contribution in [0.25, 0.3) is 16.6 Å². The Kier molecular flexibility index (Phi) is 6.25. The Bertz CT molecular complexity index is 1360. The lowest BCUT2D eigenvalue weighted by Gasteiger charge is -2.17. The average Bonchev–Trinajstić information content (AvgIpc) is 3.60. The molecule has 0 unspecified atom stereocenters. The molecule has 2 amide bonds. The molecule has 7 nitrogen and oxygen atoms in total. The largest absolute Gasteiger partial charge is 0.349 e. The third-order valence-corrected chi connectivity index (χ3v) is 6.08. The molecule has 0 saturated heterocycles. The molecule has 5 rings (SSSR count). The number of anilines is 2. The van der Waals surface area contributed by atoms with Gasteiger partial charge in [-0.25, -0.2) is 0 Å². The van der Waals surface area contributed by atoms with Crippen LogP contribution in [0, 0.1) is 0 Å². The molecule has 0 bridgehead atoms. The van der Waals surface area contributed by atoms with Crippen molar-refractivity contribution < 1.29 is 14.4 Å². The first-order valence-electron chi connectivity index (χ1n) is 11.8. The van der Waals surface area contributed by atoms with E-state index in [9.17, 15) is 9.59 Å². The highest BCUT2D eigenvalue weighted by atomic mass is 16.7. The van der Waals surface area contributed by atoms with Crippen LogP contribution in [0.15, 0.2) is 79.0 Å². The van der Waals surface area contributed by atoms with Gasteiger partial charge in [-0.3, -0.25) is 19.5 Å². The number of benzene rings is 3. The summed E-state index contributed by atoms with van der Waals surface area (Å²) in [5.74, 6) is -0.192. The Morgan fingerprint density at radius 1 is 0.943 bits per heavy atom. The first-order valence-corrected chi connectivity index (χ1v) is 11.8. The van der Waals surface area contributed by atoms with Crippen molar-refractivity contribution >= 4 is 34.1 Å². The molecular formula is C28H28N4O3. The lowest BCUT2D eigenvalue weighted by atomic mass is 10.1. The number of nitrogens with zero attached hydrogens (tertiary/aromatic N) is 2. The first kappa shape index (κ1) is 22.7. The van der Waals surface area contributed by atoms with Crippen LogP contribution < -0.4 is 15.7 Å². The fraction of sp³-hybridized carbons (Fsp3) is 0.214. The summed E-state index contributed by atoms with van der Waals surface area (Å²) in [6.45, 7) is 2.50. The Labute approximate surface area is 204 Å². The van der Waals surface area contributed by atoms with Crippen LogP contribution >= 0.6 is 0 Å².